The third kappa shape index (κ3) is 5.19. The molecule has 0 aromatic heterocycles. The van der Waals surface area contributed by atoms with E-state index in [2.05, 4.69) is 10.6 Å². The molecule has 118 valence electrons. The Bertz CT molecular complexity index is 584. The lowest BCUT2D eigenvalue weighted by molar-refractivity contribution is -0.384. The standard InChI is InChI=1S/C13H15N3O6/c1-8(13(19)20)15-11(17)6-7-14-12(18)9-2-4-10(5-3-9)16(21)22/h2-5,8H,6-7H2,1H3,(H,14,18)(H,15,17)(H,19,20). The summed E-state index contributed by atoms with van der Waals surface area (Å²) in [4.78, 5) is 43.6. The molecular weight excluding hydrogens is 294 g/mol. The van der Waals surface area contributed by atoms with Gasteiger partial charge in [0.05, 0.1) is 4.92 Å². The molecular formula is C13H15N3O6. The number of carbonyl (C=O) groups is 3. The van der Waals surface area contributed by atoms with Gasteiger partial charge in [-0.15, -0.1) is 0 Å². The molecule has 0 heterocycles. The quantitative estimate of drug-likeness (QED) is 0.489. The Hall–Kier alpha value is -2.97. The van der Waals surface area contributed by atoms with Crippen LogP contribution in [0.25, 0.3) is 0 Å². The molecule has 0 radical (unpaired) electrons. The van der Waals surface area contributed by atoms with Crippen LogP contribution in [0, 0.1) is 10.1 Å². The summed E-state index contributed by atoms with van der Waals surface area (Å²) in [6.07, 6.45) is -0.0731. The Labute approximate surface area is 125 Å². The number of amides is 2. The minimum atomic E-state index is -1.15. The molecule has 1 atom stereocenters. The number of nitrogens with zero attached hydrogens (tertiary/aromatic N) is 1. The predicted molar refractivity (Wildman–Crippen MR) is 75.3 cm³/mol. The average molecular weight is 309 g/mol. The zero-order chi connectivity index (χ0) is 16.7. The van der Waals surface area contributed by atoms with E-state index in [9.17, 15) is 24.5 Å². The van der Waals surface area contributed by atoms with Crippen LogP contribution in [-0.4, -0.2) is 40.4 Å². The molecule has 1 aromatic rings. The van der Waals surface area contributed by atoms with Gasteiger partial charge in [-0.2, -0.15) is 0 Å². The molecule has 0 aliphatic rings. The fraction of sp³-hybridized carbons (Fsp3) is 0.308. The number of aliphatic carboxylic acids is 1. The summed E-state index contributed by atoms with van der Waals surface area (Å²) in [6, 6.07) is 4.02. The number of nitro benzene ring substituents is 1. The number of carbonyl (C=O) groups excluding carboxylic acids is 2. The molecule has 0 fully saturated rings. The van der Waals surface area contributed by atoms with Gasteiger partial charge in [-0.05, 0) is 19.1 Å². The van der Waals surface area contributed by atoms with E-state index in [1.165, 1.54) is 31.2 Å². The Kier molecular flexibility index (Phi) is 5.99. The Morgan fingerprint density at radius 2 is 1.86 bits per heavy atom. The van der Waals surface area contributed by atoms with E-state index in [4.69, 9.17) is 5.11 Å². The lowest BCUT2D eigenvalue weighted by Crippen LogP contribution is -2.39. The second kappa shape index (κ2) is 7.72. The molecule has 1 rings (SSSR count). The lowest BCUT2D eigenvalue weighted by atomic mass is 10.2. The SMILES string of the molecule is CC(NC(=O)CCNC(=O)c1ccc([N+](=O)[O-])cc1)C(=O)O. The van der Waals surface area contributed by atoms with Gasteiger partial charge in [-0.25, -0.2) is 0 Å². The molecule has 1 unspecified atom stereocenters. The number of hydrogen-bond acceptors (Lipinski definition) is 5. The van der Waals surface area contributed by atoms with Gasteiger partial charge >= 0.3 is 5.97 Å². The smallest absolute Gasteiger partial charge is 0.325 e. The largest absolute Gasteiger partial charge is 0.480 e. The first-order valence-corrected chi connectivity index (χ1v) is 6.36. The molecule has 0 bridgehead atoms. The zero-order valence-electron chi connectivity index (χ0n) is 11.7. The van der Waals surface area contributed by atoms with E-state index in [1.807, 2.05) is 0 Å². The van der Waals surface area contributed by atoms with Crippen molar-refractivity contribution in [2.45, 2.75) is 19.4 Å². The van der Waals surface area contributed by atoms with Gasteiger partial charge in [0.15, 0.2) is 0 Å². The van der Waals surface area contributed by atoms with Crippen LogP contribution >= 0.6 is 0 Å². The summed E-state index contributed by atoms with van der Waals surface area (Å²) in [5, 5.41) is 23.8. The van der Waals surface area contributed by atoms with Gasteiger partial charge in [0.2, 0.25) is 5.91 Å². The van der Waals surface area contributed by atoms with Crippen LogP contribution in [0.15, 0.2) is 24.3 Å². The van der Waals surface area contributed by atoms with Crippen LogP contribution in [0.1, 0.15) is 23.7 Å². The van der Waals surface area contributed by atoms with Gasteiger partial charge in [-0.1, -0.05) is 0 Å². The number of nitro groups is 1. The average Bonchev–Trinajstić information content (AvgIpc) is 2.46. The van der Waals surface area contributed by atoms with E-state index in [-0.39, 0.29) is 24.2 Å². The topological polar surface area (TPSA) is 139 Å². The maximum atomic E-state index is 11.7. The third-order valence-corrected chi connectivity index (χ3v) is 2.73. The van der Waals surface area contributed by atoms with Crippen LogP contribution in [-0.2, 0) is 9.59 Å². The molecule has 2 amide bonds. The van der Waals surface area contributed by atoms with Crippen molar-refractivity contribution in [2.24, 2.45) is 0 Å². The van der Waals surface area contributed by atoms with Crippen molar-refractivity contribution in [1.29, 1.82) is 0 Å². The highest BCUT2D eigenvalue weighted by molar-refractivity contribution is 5.94. The third-order valence-electron chi connectivity index (χ3n) is 2.73. The fourth-order valence-electron chi connectivity index (χ4n) is 1.50. The summed E-state index contributed by atoms with van der Waals surface area (Å²) in [6.45, 7) is 1.35. The number of carboxylic acid groups (broad SMARTS) is 1. The fourth-order valence-corrected chi connectivity index (χ4v) is 1.50. The monoisotopic (exact) mass is 309 g/mol. The van der Waals surface area contributed by atoms with E-state index < -0.39 is 28.7 Å². The number of benzene rings is 1. The van der Waals surface area contributed by atoms with Gasteiger partial charge in [0.1, 0.15) is 6.04 Å². The first kappa shape index (κ1) is 17.1. The normalized spacial score (nSPS) is 11.3. The van der Waals surface area contributed by atoms with E-state index >= 15 is 0 Å². The van der Waals surface area contributed by atoms with Crippen LogP contribution in [0.4, 0.5) is 5.69 Å². The molecule has 0 aliphatic heterocycles. The molecule has 0 saturated heterocycles. The van der Waals surface area contributed by atoms with Gasteiger partial charge < -0.3 is 15.7 Å². The highest BCUT2D eigenvalue weighted by Crippen LogP contribution is 2.11. The van der Waals surface area contributed by atoms with Crippen LogP contribution in [0.2, 0.25) is 0 Å². The minimum absolute atomic E-state index is 0.0218. The minimum Gasteiger partial charge on any atom is -0.480 e. The van der Waals surface area contributed by atoms with Gasteiger partial charge in [0, 0.05) is 30.7 Å². The predicted octanol–water partition coefficient (Wildman–Crippen LogP) is 0.304. The lowest BCUT2D eigenvalue weighted by Gasteiger charge is -2.09. The molecule has 1 aromatic carbocycles. The second-order valence-corrected chi connectivity index (χ2v) is 4.44. The number of hydrogen-bond donors (Lipinski definition) is 3. The molecule has 22 heavy (non-hydrogen) atoms. The number of carboxylic acids is 1. The highest BCUT2D eigenvalue weighted by Gasteiger charge is 2.14. The highest BCUT2D eigenvalue weighted by atomic mass is 16.6. The van der Waals surface area contributed by atoms with E-state index in [1.54, 1.807) is 0 Å². The molecule has 0 spiro atoms. The maximum absolute atomic E-state index is 11.7. The van der Waals surface area contributed by atoms with Crippen molar-refractivity contribution in [1.82, 2.24) is 10.6 Å². The molecule has 0 aliphatic carbocycles. The van der Waals surface area contributed by atoms with Gasteiger partial charge in [-0.3, -0.25) is 24.5 Å². The molecule has 3 N–H and O–H groups in total. The summed E-state index contributed by atoms with van der Waals surface area (Å²) in [5.41, 5.74) is 0.100. The number of nitrogens with one attached hydrogen (secondary N) is 2. The molecule has 9 heteroatoms. The van der Waals surface area contributed by atoms with Crippen molar-refractivity contribution >= 4 is 23.5 Å². The second-order valence-electron chi connectivity index (χ2n) is 4.44. The number of rotatable bonds is 7. The Balaban J connectivity index is 2.41. The summed E-state index contributed by atoms with van der Waals surface area (Å²) in [5.74, 6) is -2.13. The molecule has 9 nitrogen and oxygen atoms in total. The Morgan fingerprint density at radius 1 is 1.27 bits per heavy atom. The van der Waals surface area contributed by atoms with Crippen molar-refractivity contribution in [3.05, 3.63) is 39.9 Å². The van der Waals surface area contributed by atoms with Crippen LogP contribution in [0.3, 0.4) is 0 Å². The van der Waals surface area contributed by atoms with Gasteiger partial charge in [0.25, 0.3) is 11.6 Å². The maximum Gasteiger partial charge on any atom is 0.325 e. The van der Waals surface area contributed by atoms with Crippen molar-refractivity contribution < 1.29 is 24.4 Å². The Morgan fingerprint density at radius 3 is 2.36 bits per heavy atom. The van der Waals surface area contributed by atoms with Crippen molar-refractivity contribution in [2.75, 3.05) is 6.54 Å². The van der Waals surface area contributed by atoms with E-state index in [0.29, 0.717) is 0 Å². The summed E-state index contributed by atoms with van der Waals surface area (Å²) >= 11 is 0. The van der Waals surface area contributed by atoms with E-state index in [0.717, 1.165) is 0 Å². The van der Waals surface area contributed by atoms with Crippen LogP contribution in [0.5, 0.6) is 0 Å². The van der Waals surface area contributed by atoms with Crippen molar-refractivity contribution in [3.8, 4) is 0 Å². The zero-order valence-corrected chi connectivity index (χ0v) is 11.7. The summed E-state index contributed by atoms with van der Waals surface area (Å²) in [7, 11) is 0. The first-order chi connectivity index (χ1) is 10.3. The van der Waals surface area contributed by atoms with Crippen LogP contribution < -0.4 is 10.6 Å². The number of non-ortho nitro benzene ring substituents is 1. The van der Waals surface area contributed by atoms with Crippen molar-refractivity contribution in [3.63, 3.8) is 0 Å². The first-order valence-electron chi connectivity index (χ1n) is 6.36. The molecule has 0 saturated carbocycles. The summed E-state index contributed by atoms with van der Waals surface area (Å²) < 4.78 is 0.